The molecule has 0 spiro atoms. The van der Waals surface area contributed by atoms with Gasteiger partial charge in [0.1, 0.15) is 6.29 Å². The molecule has 1 heterocycles. The molecule has 1 aliphatic heterocycles. The van der Waals surface area contributed by atoms with Crippen LogP contribution >= 0.6 is 0 Å². The van der Waals surface area contributed by atoms with Crippen LogP contribution in [-0.4, -0.2) is 66.1 Å². The van der Waals surface area contributed by atoms with Crippen LogP contribution in [-0.2, 0) is 4.79 Å². The highest BCUT2D eigenvalue weighted by atomic mass is 16.3. The molecule has 0 aliphatic carbocycles. The SMILES string of the molecule is CC(C)(O)CN1CCN(CC(C)(C)C=O)CC1. The third-order valence-corrected chi connectivity index (χ3v) is 3.03. The molecule has 0 atom stereocenters. The summed E-state index contributed by atoms with van der Waals surface area (Å²) in [6.07, 6.45) is 1.04. The van der Waals surface area contributed by atoms with Crippen LogP contribution in [0.3, 0.4) is 0 Å². The molecule has 1 fully saturated rings. The minimum Gasteiger partial charge on any atom is -0.389 e. The zero-order valence-corrected chi connectivity index (χ0v) is 11.6. The molecular weight excluding hydrogens is 216 g/mol. The summed E-state index contributed by atoms with van der Waals surface area (Å²) in [6, 6.07) is 0. The van der Waals surface area contributed by atoms with Crippen LogP contribution in [0.15, 0.2) is 0 Å². The van der Waals surface area contributed by atoms with Crippen molar-refractivity contribution in [2.24, 2.45) is 5.41 Å². The van der Waals surface area contributed by atoms with E-state index < -0.39 is 5.60 Å². The van der Waals surface area contributed by atoms with Gasteiger partial charge in [-0.3, -0.25) is 9.80 Å². The highest BCUT2D eigenvalue weighted by Crippen LogP contribution is 2.15. The molecule has 0 unspecified atom stereocenters. The van der Waals surface area contributed by atoms with E-state index in [0.717, 1.165) is 45.6 Å². The minimum absolute atomic E-state index is 0.252. The minimum atomic E-state index is -0.621. The first-order valence-electron chi connectivity index (χ1n) is 6.35. The molecule has 4 heteroatoms. The van der Waals surface area contributed by atoms with Crippen molar-refractivity contribution in [3.8, 4) is 0 Å². The van der Waals surface area contributed by atoms with Crippen molar-refractivity contribution in [3.05, 3.63) is 0 Å². The van der Waals surface area contributed by atoms with Crippen LogP contribution in [0.25, 0.3) is 0 Å². The van der Waals surface area contributed by atoms with Gasteiger partial charge in [0.2, 0.25) is 0 Å². The fourth-order valence-electron chi connectivity index (χ4n) is 2.27. The summed E-state index contributed by atoms with van der Waals surface area (Å²) in [4.78, 5) is 15.5. The van der Waals surface area contributed by atoms with Crippen molar-refractivity contribution in [1.82, 2.24) is 9.80 Å². The molecular formula is C13H26N2O2. The smallest absolute Gasteiger partial charge is 0.126 e. The Balaban J connectivity index is 2.34. The lowest BCUT2D eigenvalue weighted by Crippen LogP contribution is -2.52. The van der Waals surface area contributed by atoms with Gasteiger partial charge in [0.15, 0.2) is 0 Å². The van der Waals surface area contributed by atoms with Gasteiger partial charge in [-0.05, 0) is 13.8 Å². The molecule has 1 rings (SSSR count). The fourth-order valence-corrected chi connectivity index (χ4v) is 2.27. The number of β-amino-alcohol motifs (C(OH)–C–C–N with tert-alkyl or cyclic N) is 1. The Morgan fingerprint density at radius 2 is 1.41 bits per heavy atom. The number of rotatable bonds is 5. The normalized spacial score (nSPS) is 20.5. The molecule has 1 aliphatic rings. The van der Waals surface area contributed by atoms with Crippen molar-refractivity contribution in [3.63, 3.8) is 0 Å². The second kappa shape index (κ2) is 5.46. The van der Waals surface area contributed by atoms with Crippen molar-refractivity contribution >= 4 is 6.29 Å². The predicted molar refractivity (Wildman–Crippen MR) is 69.0 cm³/mol. The summed E-state index contributed by atoms with van der Waals surface area (Å²) in [5.74, 6) is 0. The van der Waals surface area contributed by atoms with Crippen LogP contribution in [0.5, 0.6) is 0 Å². The van der Waals surface area contributed by atoms with E-state index in [1.807, 2.05) is 27.7 Å². The Labute approximate surface area is 105 Å². The van der Waals surface area contributed by atoms with Gasteiger partial charge in [0.25, 0.3) is 0 Å². The molecule has 0 aromatic rings. The zero-order valence-electron chi connectivity index (χ0n) is 11.6. The number of aldehydes is 1. The predicted octanol–water partition coefficient (Wildman–Crippen LogP) is 0.600. The average molecular weight is 242 g/mol. The van der Waals surface area contributed by atoms with Gasteiger partial charge in [-0.15, -0.1) is 0 Å². The van der Waals surface area contributed by atoms with Crippen LogP contribution < -0.4 is 0 Å². The molecule has 100 valence electrons. The number of nitrogens with zero attached hydrogens (tertiary/aromatic N) is 2. The molecule has 0 amide bonds. The lowest BCUT2D eigenvalue weighted by atomic mass is 9.95. The lowest BCUT2D eigenvalue weighted by Gasteiger charge is -2.39. The summed E-state index contributed by atoms with van der Waals surface area (Å²) in [6.45, 7) is 13.1. The maximum atomic E-state index is 10.9. The number of piperazine rings is 1. The lowest BCUT2D eigenvalue weighted by molar-refractivity contribution is -0.115. The summed E-state index contributed by atoms with van der Waals surface area (Å²) in [7, 11) is 0. The van der Waals surface area contributed by atoms with Crippen LogP contribution in [0, 0.1) is 5.41 Å². The van der Waals surface area contributed by atoms with Gasteiger partial charge >= 0.3 is 0 Å². The van der Waals surface area contributed by atoms with Gasteiger partial charge in [0.05, 0.1) is 5.60 Å². The first kappa shape index (κ1) is 14.6. The van der Waals surface area contributed by atoms with Crippen molar-refractivity contribution in [1.29, 1.82) is 0 Å². The molecule has 0 saturated carbocycles. The second-order valence-corrected chi connectivity index (χ2v) is 6.47. The van der Waals surface area contributed by atoms with Crippen molar-refractivity contribution in [2.75, 3.05) is 39.3 Å². The molecule has 4 nitrogen and oxygen atoms in total. The number of hydrogen-bond donors (Lipinski definition) is 1. The Bertz CT molecular complexity index is 251. The summed E-state index contributed by atoms with van der Waals surface area (Å²) < 4.78 is 0. The molecule has 0 bridgehead atoms. The maximum absolute atomic E-state index is 10.9. The van der Waals surface area contributed by atoms with Gasteiger partial charge < -0.3 is 9.90 Å². The number of aliphatic hydroxyl groups is 1. The van der Waals surface area contributed by atoms with Gasteiger partial charge in [-0.1, -0.05) is 13.8 Å². The van der Waals surface area contributed by atoms with Gasteiger partial charge in [-0.2, -0.15) is 0 Å². The summed E-state index contributed by atoms with van der Waals surface area (Å²) >= 11 is 0. The first-order valence-corrected chi connectivity index (χ1v) is 6.35. The highest BCUT2D eigenvalue weighted by molar-refractivity contribution is 5.58. The van der Waals surface area contributed by atoms with E-state index in [1.54, 1.807) is 0 Å². The molecule has 0 aromatic carbocycles. The van der Waals surface area contributed by atoms with Crippen molar-refractivity contribution < 1.29 is 9.90 Å². The van der Waals surface area contributed by atoms with E-state index in [1.165, 1.54) is 0 Å². The topological polar surface area (TPSA) is 43.8 Å². The average Bonchev–Trinajstić information content (AvgIpc) is 2.19. The fraction of sp³-hybridized carbons (Fsp3) is 0.923. The number of hydrogen-bond acceptors (Lipinski definition) is 4. The zero-order chi connectivity index (χ0) is 13.1. The highest BCUT2D eigenvalue weighted by Gasteiger charge is 2.26. The van der Waals surface area contributed by atoms with E-state index in [-0.39, 0.29) is 5.41 Å². The molecule has 0 aromatic heterocycles. The third-order valence-electron chi connectivity index (χ3n) is 3.03. The quantitative estimate of drug-likeness (QED) is 0.717. The van der Waals surface area contributed by atoms with E-state index >= 15 is 0 Å². The van der Waals surface area contributed by atoms with E-state index in [4.69, 9.17) is 0 Å². The second-order valence-electron chi connectivity index (χ2n) is 6.47. The van der Waals surface area contributed by atoms with Gasteiger partial charge in [0, 0.05) is 44.7 Å². The Hall–Kier alpha value is -0.450. The monoisotopic (exact) mass is 242 g/mol. The van der Waals surface area contributed by atoms with Crippen molar-refractivity contribution in [2.45, 2.75) is 33.3 Å². The molecule has 1 saturated heterocycles. The number of carbonyl (C=O) groups excluding carboxylic acids is 1. The van der Waals surface area contributed by atoms with E-state index in [0.29, 0.717) is 0 Å². The largest absolute Gasteiger partial charge is 0.389 e. The Morgan fingerprint density at radius 3 is 1.76 bits per heavy atom. The molecule has 0 radical (unpaired) electrons. The molecule has 17 heavy (non-hydrogen) atoms. The Kier molecular flexibility index (Phi) is 4.69. The standard InChI is InChI=1S/C13H26N2O2/c1-12(2,11-16)9-14-5-7-15(8-6-14)10-13(3,4)17/h11,17H,5-10H2,1-4H3. The van der Waals surface area contributed by atoms with Crippen LogP contribution in [0.2, 0.25) is 0 Å². The summed E-state index contributed by atoms with van der Waals surface area (Å²) in [5.41, 5.74) is -0.872. The Morgan fingerprint density at radius 1 is 1.00 bits per heavy atom. The maximum Gasteiger partial charge on any atom is 0.126 e. The van der Waals surface area contributed by atoms with E-state index in [2.05, 4.69) is 9.80 Å². The molecule has 1 N–H and O–H groups in total. The first-order chi connectivity index (χ1) is 7.72. The van der Waals surface area contributed by atoms with Gasteiger partial charge in [-0.25, -0.2) is 0 Å². The van der Waals surface area contributed by atoms with Crippen LogP contribution in [0.1, 0.15) is 27.7 Å². The number of carbonyl (C=O) groups is 1. The summed E-state index contributed by atoms with van der Waals surface area (Å²) in [5, 5.41) is 9.76. The van der Waals surface area contributed by atoms with E-state index in [9.17, 15) is 9.90 Å². The van der Waals surface area contributed by atoms with Crippen LogP contribution in [0.4, 0.5) is 0 Å². The third kappa shape index (κ3) is 5.61.